The summed E-state index contributed by atoms with van der Waals surface area (Å²) < 4.78 is 6.93. The number of carbonyl (C=O) groups is 1. The molecule has 0 amide bonds. The molecule has 0 spiro atoms. The van der Waals surface area contributed by atoms with Crippen molar-refractivity contribution in [1.82, 2.24) is 14.6 Å². The molecule has 26 heavy (non-hydrogen) atoms. The number of anilines is 2. The van der Waals surface area contributed by atoms with Gasteiger partial charge in [-0.2, -0.15) is 4.52 Å². The molecule has 0 radical (unpaired) electrons. The van der Waals surface area contributed by atoms with Crippen molar-refractivity contribution >= 4 is 59.9 Å². The number of nitrogens with one attached hydrogen (secondary N) is 1. The normalized spacial score (nSPS) is 11.0. The van der Waals surface area contributed by atoms with E-state index in [9.17, 15) is 9.59 Å². The molecule has 2 aromatic heterocycles. The molecule has 0 atom stereocenters. The number of halogens is 1. The summed E-state index contributed by atoms with van der Waals surface area (Å²) in [6, 6.07) is 12.2. The molecule has 0 unspecified atom stereocenters. The van der Waals surface area contributed by atoms with Crippen LogP contribution in [0.5, 0.6) is 0 Å². The van der Waals surface area contributed by atoms with Gasteiger partial charge < -0.3 is 10.1 Å². The van der Waals surface area contributed by atoms with Crippen molar-refractivity contribution in [3.8, 4) is 0 Å². The molecule has 0 saturated carbocycles. The van der Waals surface area contributed by atoms with Crippen LogP contribution >= 0.6 is 27.3 Å². The number of carbonyl (C=O) groups excluding carboxylic acids is 1. The minimum Gasteiger partial charge on any atom is -0.465 e. The van der Waals surface area contributed by atoms with E-state index < -0.39 is 5.97 Å². The van der Waals surface area contributed by atoms with Crippen molar-refractivity contribution in [1.29, 1.82) is 0 Å². The fourth-order valence-corrected chi connectivity index (χ4v) is 3.54. The summed E-state index contributed by atoms with van der Waals surface area (Å²) >= 11 is 4.63. The van der Waals surface area contributed by atoms with Gasteiger partial charge in [-0.05, 0) is 42.5 Å². The van der Waals surface area contributed by atoms with Gasteiger partial charge >= 0.3 is 5.97 Å². The summed E-state index contributed by atoms with van der Waals surface area (Å²) in [5.74, 6) is -0.476. The van der Waals surface area contributed by atoms with E-state index in [1.54, 1.807) is 12.1 Å². The topological polar surface area (TPSA) is 85.6 Å². The molecule has 9 heteroatoms. The first-order valence-corrected chi connectivity index (χ1v) is 9.10. The SMILES string of the molecule is COC(=O)c1ccc2c(=O)n3nc(Nc4ccc(Br)cc4)sc3nc2c1. The number of ether oxygens (including phenoxy) is 1. The second kappa shape index (κ2) is 6.50. The number of hydrogen-bond acceptors (Lipinski definition) is 7. The Morgan fingerprint density at radius 2 is 2.00 bits per heavy atom. The highest BCUT2D eigenvalue weighted by Gasteiger charge is 2.13. The fourth-order valence-electron chi connectivity index (χ4n) is 2.46. The molecule has 0 aliphatic heterocycles. The Hall–Kier alpha value is -2.78. The van der Waals surface area contributed by atoms with Gasteiger partial charge in [-0.1, -0.05) is 27.3 Å². The molecule has 0 aliphatic carbocycles. The predicted octanol–water partition coefficient (Wildman–Crippen LogP) is 3.60. The summed E-state index contributed by atoms with van der Waals surface area (Å²) in [6.07, 6.45) is 0. The van der Waals surface area contributed by atoms with Crippen molar-refractivity contribution in [2.75, 3.05) is 12.4 Å². The largest absolute Gasteiger partial charge is 0.465 e. The number of rotatable bonds is 3. The molecule has 0 fully saturated rings. The van der Waals surface area contributed by atoms with Crippen LogP contribution in [-0.4, -0.2) is 27.7 Å². The molecule has 4 aromatic rings. The summed E-state index contributed by atoms with van der Waals surface area (Å²) in [5.41, 5.74) is 1.32. The van der Waals surface area contributed by atoms with Gasteiger partial charge in [-0.3, -0.25) is 4.79 Å². The lowest BCUT2D eigenvalue weighted by Crippen LogP contribution is -2.15. The zero-order chi connectivity index (χ0) is 18.3. The van der Waals surface area contributed by atoms with Crippen LogP contribution in [0.2, 0.25) is 0 Å². The molecule has 2 heterocycles. The lowest BCUT2D eigenvalue weighted by Gasteiger charge is -2.01. The Balaban J connectivity index is 1.80. The molecule has 130 valence electrons. The van der Waals surface area contributed by atoms with Gasteiger partial charge in [0.1, 0.15) is 0 Å². The Kier molecular flexibility index (Phi) is 4.17. The van der Waals surface area contributed by atoms with Crippen molar-refractivity contribution < 1.29 is 9.53 Å². The zero-order valence-corrected chi connectivity index (χ0v) is 15.8. The van der Waals surface area contributed by atoms with Crippen LogP contribution in [0, 0.1) is 0 Å². The highest BCUT2D eigenvalue weighted by atomic mass is 79.9. The average Bonchev–Trinajstić information content (AvgIpc) is 3.05. The number of fused-ring (bicyclic) bond motifs is 2. The predicted molar refractivity (Wildman–Crippen MR) is 103 cm³/mol. The number of esters is 1. The highest BCUT2D eigenvalue weighted by Crippen LogP contribution is 2.24. The Morgan fingerprint density at radius 3 is 2.73 bits per heavy atom. The summed E-state index contributed by atoms with van der Waals surface area (Å²) in [7, 11) is 1.31. The zero-order valence-electron chi connectivity index (χ0n) is 13.4. The summed E-state index contributed by atoms with van der Waals surface area (Å²) in [4.78, 5) is 29.2. The van der Waals surface area contributed by atoms with E-state index in [1.165, 1.54) is 29.0 Å². The molecule has 1 N–H and O–H groups in total. The minimum absolute atomic E-state index is 0.290. The fraction of sp³-hybridized carbons (Fsp3) is 0.0588. The van der Waals surface area contributed by atoms with Crippen molar-refractivity contribution in [3.05, 3.63) is 62.9 Å². The van der Waals surface area contributed by atoms with Gasteiger partial charge in [0.05, 0.1) is 23.6 Å². The molecule has 0 bridgehead atoms. The van der Waals surface area contributed by atoms with E-state index in [1.807, 2.05) is 24.3 Å². The van der Waals surface area contributed by atoms with Crippen molar-refractivity contribution in [3.63, 3.8) is 0 Å². The minimum atomic E-state index is -0.476. The van der Waals surface area contributed by atoms with Crippen LogP contribution in [0.1, 0.15) is 10.4 Å². The van der Waals surface area contributed by atoms with Crippen LogP contribution in [-0.2, 0) is 4.74 Å². The van der Waals surface area contributed by atoms with Crippen LogP contribution in [0.25, 0.3) is 15.9 Å². The lowest BCUT2D eigenvalue weighted by molar-refractivity contribution is 0.0601. The molecule has 7 nitrogen and oxygen atoms in total. The van der Waals surface area contributed by atoms with E-state index in [0.29, 0.717) is 26.6 Å². The standard InChI is InChI=1S/C17H11BrN4O3S/c1-25-15(24)9-2-7-12-13(8-9)20-17-22(14(12)23)21-16(26-17)19-11-5-3-10(18)4-6-11/h2-8H,1H3,(H,19,21). The van der Waals surface area contributed by atoms with Gasteiger partial charge in [-0.15, -0.1) is 5.10 Å². The number of aromatic nitrogens is 3. The molecular weight excluding hydrogens is 420 g/mol. The van der Waals surface area contributed by atoms with Crippen LogP contribution in [0.3, 0.4) is 0 Å². The quantitative estimate of drug-likeness (QED) is 0.499. The highest BCUT2D eigenvalue weighted by molar-refractivity contribution is 9.10. The van der Waals surface area contributed by atoms with E-state index in [2.05, 4.69) is 31.3 Å². The van der Waals surface area contributed by atoms with E-state index in [0.717, 1.165) is 10.2 Å². The third-order valence-corrected chi connectivity index (χ3v) is 5.07. The molecule has 0 saturated heterocycles. The number of benzene rings is 2. The van der Waals surface area contributed by atoms with Crippen molar-refractivity contribution in [2.45, 2.75) is 0 Å². The Labute approximate surface area is 159 Å². The average molecular weight is 431 g/mol. The monoisotopic (exact) mass is 430 g/mol. The van der Waals surface area contributed by atoms with Gasteiger partial charge in [0, 0.05) is 10.2 Å². The Morgan fingerprint density at radius 1 is 1.23 bits per heavy atom. The first-order valence-electron chi connectivity index (χ1n) is 7.50. The third kappa shape index (κ3) is 2.95. The number of hydrogen-bond donors (Lipinski definition) is 1. The van der Waals surface area contributed by atoms with Gasteiger partial charge in [0.25, 0.3) is 5.56 Å². The lowest BCUT2D eigenvalue weighted by atomic mass is 10.1. The third-order valence-electron chi connectivity index (χ3n) is 3.71. The van der Waals surface area contributed by atoms with E-state index in [-0.39, 0.29) is 5.56 Å². The van der Waals surface area contributed by atoms with Crippen LogP contribution in [0.15, 0.2) is 51.7 Å². The maximum Gasteiger partial charge on any atom is 0.337 e. The first kappa shape index (κ1) is 16.7. The van der Waals surface area contributed by atoms with Gasteiger partial charge in [0.15, 0.2) is 0 Å². The molecular formula is C17H11BrN4O3S. The van der Waals surface area contributed by atoms with Gasteiger partial charge in [-0.25, -0.2) is 9.78 Å². The van der Waals surface area contributed by atoms with E-state index in [4.69, 9.17) is 4.74 Å². The van der Waals surface area contributed by atoms with Crippen LogP contribution in [0.4, 0.5) is 10.8 Å². The Bertz CT molecular complexity index is 1200. The maximum atomic E-state index is 12.7. The summed E-state index contributed by atoms with van der Waals surface area (Å²) in [5, 5.41) is 8.38. The first-order chi connectivity index (χ1) is 12.5. The number of nitrogens with zero attached hydrogens (tertiary/aromatic N) is 3. The second-order valence-electron chi connectivity index (χ2n) is 5.37. The number of methoxy groups -OCH3 is 1. The molecule has 0 aliphatic rings. The van der Waals surface area contributed by atoms with E-state index >= 15 is 0 Å². The smallest absolute Gasteiger partial charge is 0.337 e. The second-order valence-corrected chi connectivity index (χ2v) is 7.25. The van der Waals surface area contributed by atoms with Crippen molar-refractivity contribution in [2.24, 2.45) is 0 Å². The summed E-state index contributed by atoms with van der Waals surface area (Å²) in [6.45, 7) is 0. The maximum absolute atomic E-state index is 12.7. The van der Waals surface area contributed by atoms with Crippen LogP contribution < -0.4 is 10.9 Å². The molecule has 2 aromatic carbocycles. The van der Waals surface area contributed by atoms with Gasteiger partial charge in [0.2, 0.25) is 10.1 Å². The molecule has 4 rings (SSSR count).